The van der Waals surface area contributed by atoms with Gasteiger partial charge in [0.05, 0.1) is 18.1 Å². The molecule has 0 aliphatic carbocycles. The molecule has 0 spiro atoms. The Bertz CT molecular complexity index is 720. The zero-order valence-electron chi connectivity index (χ0n) is 13.7. The Kier molecular flexibility index (Phi) is 3.84. The number of carbonyl (C=O) groups excluding carboxylic acids is 1. The van der Waals surface area contributed by atoms with E-state index in [0.29, 0.717) is 11.6 Å². The molecule has 2 atom stereocenters. The van der Waals surface area contributed by atoms with Gasteiger partial charge in [0.1, 0.15) is 11.5 Å². The number of fused-ring (bicyclic) bond motifs is 4. The van der Waals surface area contributed by atoms with Gasteiger partial charge in [-0.1, -0.05) is 0 Å². The molecule has 2 bridgehead atoms. The largest absolute Gasteiger partial charge is 0.353 e. The first kappa shape index (κ1) is 15.0. The van der Waals surface area contributed by atoms with Crippen LogP contribution >= 0.6 is 0 Å². The van der Waals surface area contributed by atoms with E-state index in [2.05, 4.69) is 24.8 Å². The van der Waals surface area contributed by atoms with E-state index in [4.69, 9.17) is 0 Å². The molecule has 7 nitrogen and oxygen atoms in total. The lowest BCUT2D eigenvalue weighted by Gasteiger charge is -2.35. The number of carbonyl (C=O) groups is 1. The molecule has 3 aliphatic rings. The maximum absolute atomic E-state index is 12.9. The van der Waals surface area contributed by atoms with Crippen molar-refractivity contribution in [3.05, 3.63) is 42.4 Å². The molecule has 0 unspecified atom stereocenters. The maximum Gasteiger partial charge on any atom is 0.274 e. The zero-order valence-corrected chi connectivity index (χ0v) is 13.7. The molecule has 7 heteroatoms. The monoisotopic (exact) mass is 324 g/mol. The van der Waals surface area contributed by atoms with Crippen molar-refractivity contribution < 1.29 is 4.79 Å². The van der Waals surface area contributed by atoms with Gasteiger partial charge in [-0.05, 0) is 25.7 Å². The van der Waals surface area contributed by atoms with Crippen molar-refractivity contribution in [1.82, 2.24) is 24.8 Å². The first-order valence-corrected chi connectivity index (χ1v) is 8.31. The van der Waals surface area contributed by atoms with Gasteiger partial charge in [0, 0.05) is 44.3 Å². The van der Waals surface area contributed by atoms with E-state index in [1.807, 2.05) is 11.8 Å². The molecule has 0 radical (unpaired) electrons. The second-order valence-corrected chi connectivity index (χ2v) is 6.57. The lowest BCUT2D eigenvalue weighted by Crippen LogP contribution is -2.47. The van der Waals surface area contributed by atoms with Gasteiger partial charge in [-0.15, -0.1) is 0 Å². The molecule has 5 rings (SSSR count). The van der Waals surface area contributed by atoms with Crippen LogP contribution in [0.2, 0.25) is 0 Å². The average molecular weight is 324 g/mol. The number of aromatic nitrogens is 4. The van der Waals surface area contributed by atoms with Gasteiger partial charge in [-0.25, -0.2) is 9.97 Å². The van der Waals surface area contributed by atoms with Crippen molar-refractivity contribution in [2.75, 3.05) is 24.5 Å². The van der Waals surface area contributed by atoms with Crippen LogP contribution in [0.25, 0.3) is 0 Å². The van der Waals surface area contributed by atoms with Crippen molar-refractivity contribution >= 4 is 11.7 Å². The van der Waals surface area contributed by atoms with E-state index < -0.39 is 0 Å². The van der Waals surface area contributed by atoms with E-state index in [-0.39, 0.29) is 11.9 Å². The van der Waals surface area contributed by atoms with Crippen LogP contribution < -0.4 is 4.90 Å². The van der Waals surface area contributed by atoms with E-state index in [1.54, 1.807) is 31.0 Å². The molecule has 3 saturated heterocycles. The molecule has 0 N–H and O–H groups in total. The summed E-state index contributed by atoms with van der Waals surface area (Å²) in [6, 6.07) is 0.182. The van der Waals surface area contributed by atoms with Crippen LogP contribution in [-0.2, 0) is 0 Å². The molecular formula is C17H20N6O. The average Bonchev–Trinajstić information content (AvgIpc) is 2.94. The lowest BCUT2D eigenvalue weighted by molar-refractivity contribution is 0.0585. The molecule has 3 fully saturated rings. The Morgan fingerprint density at radius 3 is 2.71 bits per heavy atom. The van der Waals surface area contributed by atoms with E-state index in [0.717, 1.165) is 44.0 Å². The quantitative estimate of drug-likeness (QED) is 0.829. The predicted molar refractivity (Wildman–Crippen MR) is 88.6 cm³/mol. The maximum atomic E-state index is 12.9. The molecule has 1 amide bonds. The second kappa shape index (κ2) is 6.14. The van der Waals surface area contributed by atoms with Crippen molar-refractivity contribution in [2.24, 2.45) is 5.92 Å². The summed E-state index contributed by atoms with van der Waals surface area (Å²) >= 11 is 0. The number of hydrogen-bond acceptors (Lipinski definition) is 6. The van der Waals surface area contributed by atoms with E-state index in [9.17, 15) is 4.79 Å². The van der Waals surface area contributed by atoms with Crippen LogP contribution in [0.4, 0.5) is 5.82 Å². The van der Waals surface area contributed by atoms with Crippen LogP contribution in [-0.4, -0.2) is 56.4 Å². The van der Waals surface area contributed by atoms with Gasteiger partial charge in [0.2, 0.25) is 0 Å². The molecule has 2 aromatic heterocycles. The third kappa shape index (κ3) is 2.81. The van der Waals surface area contributed by atoms with Crippen molar-refractivity contribution in [1.29, 1.82) is 0 Å². The summed E-state index contributed by atoms with van der Waals surface area (Å²) in [5.41, 5.74) is 1.25. The smallest absolute Gasteiger partial charge is 0.274 e. The fraction of sp³-hybridized carbons (Fsp3) is 0.471. The summed E-state index contributed by atoms with van der Waals surface area (Å²) in [5, 5.41) is 0. The third-order valence-electron chi connectivity index (χ3n) is 4.85. The highest BCUT2D eigenvalue weighted by molar-refractivity contribution is 5.92. The van der Waals surface area contributed by atoms with Gasteiger partial charge in [-0.3, -0.25) is 14.8 Å². The van der Waals surface area contributed by atoms with Gasteiger partial charge in [0.25, 0.3) is 5.91 Å². The Morgan fingerprint density at radius 1 is 1.04 bits per heavy atom. The summed E-state index contributed by atoms with van der Waals surface area (Å²) in [6.07, 6.45) is 10.6. The van der Waals surface area contributed by atoms with Crippen LogP contribution in [0.5, 0.6) is 0 Å². The number of aryl methyl sites for hydroxylation is 1. The highest BCUT2D eigenvalue weighted by Crippen LogP contribution is 2.30. The Balaban J connectivity index is 1.56. The Labute approximate surface area is 140 Å². The minimum absolute atomic E-state index is 0.0156. The molecule has 2 aromatic rings. The highest BCUT2D eigenvalue weighted by atomic mass is 16.2. The van der Waals surface area contributed by atoms with E-state index >= 15 is 0 Å². The standard InChI is InChI=1S/C17H20N6O/c1-12-6-21-15(7-20-12)17(24)23-10-13-2-3-14(23)11-22(9-13)16-8-18-4-5-19-16/h4-8,13-14H,2-3,9-11H2,1H3/t13-,14+/m0/s1. The Hall–Kier alpha value is -2.57. The van der Waals surface area contributed by atoms with Crippen molar-refractivity contribution in [3.63, 3.8) is 0 Å². The summed E-state index contributed by atoms with van der Waals surface area (Å²) < 4.78 is 0. The SMILES string of the molecule is Cc1cnc(C(=O)N2C[C@H]3CC[C@@H]2CN(c2cnccn2)C3)cn1. The highest BCUT2D eigenvalue weighted by Gasteiger charge is 2.38. The van der Waals surface area contributed by atoms with Crippen molar-refractivity contribution in [2.45, 2.75) is 25.8 Å². The molecule has 124 valence electrons. The molecule has 0 saturated carbocycles. The fourth-order valence-electron chi connectivity index (χ4n) is 3.62. The van der Waals surface area contributed by atoms with Gasteiger partial charge in [-0.2, -0.15) is 0 Å². The first-order chi connectivity index (χ1) is 11.7. The Morgan fingerprint density at radius 2 is 1.96 bits per heavy atom. The van der Waals surface area contributed by atoms with Crippen LogP contribution in [0, 0.1) is 12.8 Å². The fourth-order valence-corrected chi connectivity index (χ4v) is 3.62. The number of nitrogens with zero attached hydrogens (tertiary/aromatic N) is 6. The summed E-state index contributed by atoms with van der Waals surface area (Å²) in [4.78, 5) is 34.1. The van der Waals surface area contributed by atoms with Gasteiger partial charge in [0.15, 0.2) is 0 Å². The number of piperidine rings is 1. The topological polar surface area (TPSA) is 75.1 Å². The number of anilines is 1. The van der Waals surface area contributed by atoms with Crippen LogP contribution in [0.1, 0.15) is 29.0 Å². The van der Waals surface area contributed by atoms with Gasteiger partial charge >= 0.3 is 0 Å². The molecule has 5 heterocycles. The zero-order chi connectivity index (χ0) is 16.5. The van der Waals surface area contributed by atoms with Crippen molar-refractivity contribution in [3.8, 4) is 0 Å². The number of hydrogen-bond donors (Lipinski definition) is 0. The normalized spacial score (nSPS) is 23.2. The van der Waals surface area contributed by atoms with E-state index in [1.165, 1.54) is 0 Å². The molecular weight excluding hydrogens is 304 g/mol. The van der Waals surface area contributed by atoms with Crippen LogP contribution in [0.3, 0.4) is 0 Å². The molecule has 0 aromatic carbocycles. The summed E-state index contributed by atoms with van der Waals surface area (Å²) in [5.74, 6) is 1.32. The minimum Gasteiger partial charge on any atom is -0.353 e. The number of amides is 1. The molecule has 24 heavy (non-hydrogen) atoms. The first-order valence-electron chi connectivity index (χ1n) is 8.31. The summed E-state index contributed by atoms with van der Waals surface area (Å²) in [6.45, 7) is 4.35. The summed E-state index contributed by atoms with van der Waals surface area (Å²) in [7, 11) is 0. The molecule has 3 aliphatic heterocycles. The minimum atomic E-state index is -0.0156. The van der Waals surface area contributed by atoms with Crippen LogP contribution in [0.15, 0.2) is 31.0 Å². The lowest BCUT2D eigenvalue weighted by atomic mass is 9.95. The third-order valence-corrected chi connectivity index (χ3v) is 4.85. The predicted octanol–water partition coefficient (Wildman–Crippen LogP) is 1.32. The number of rotatable bonds is 2. The second-order valence-electron chi connectivity index (χ2n) is 6.57. The van der Waals surface area contributed by atoms with Gasteiger partial charge < -0.3 is 9.80 Å².